The Kier molecular flexibility index (Phi) is 5.32. The lowest BCUT2D eigenvalue weighted by Crippen LogP contribution is -2.26. The zero-order chi connectivity index (χ0) is 15.3. The van der Waals surface area contributed by atoms with E-state index < -0.39 is 10.0 Å². The van der Waals surface area contributed by atoms with E-state index in [4.69, 9.17) is 0 Å². The van der Waals surface area contributed by atoms with Crippen LogP contribution in [0, 0.1) is 0 Å². The molecule has 2 N–H and O–H groups in total. The molecule has 114 valence electrons. The number of hydrogen-bond acceptors (Lipinski definition) is 5. The fourth-order valence-electron chi connectivity index (χ4n) is 1.78. The van der Waals surface area contributed by atoms with E-state index in [9.17, 15) is 8.42 Å². The van der Waals surface area contributed by atoms with Gasteiger partial charge in [-0.25, -0.2) is 23.1 Å². The minimum absolute atomic E-state index is 0.127. The van der Waals surface area contributed by atoms with Gasteiger partial charge < -0.3 is 9.88 Å². The lowest BCUT2D eigenvalue weighted by atomic mass is 10.4. The highest BCUT2D eigenvalue weighted by molar-refractivity contribution is 9.10. The summed E-state index contributed by atoms with van der Waals surface area (Å²) < 4.78 is 29.7. The van der Waals surface area contributed by atoms with Crippen LogP contribution in [0.3, 0.4) is 0 Å². The summed E-state index contributed by atoms with van der Waals surface area (Å²) in [5.41, 5.74) is 0. The Hall–Kier alpha value is -1.45. The molecule has 2 rings (SSSR count). The number of hydrogen-bond donors (Lipinski definition) is 2. The fraction of sp³-hybridized carbons (Fsp3) is 0.333. The van der Waals surface area contributed by atoms with Crippen molar-refractivity contribution in [3.05, 3.63) is 35.5 Å². The van der Waals surface area contributed by atoms with Crippen molar-refractivity contribution in [1.29, 1.82) is 0 Å². The highest BCUT2D eigenvalue weighted by Gasteiger charge is 2.19. The molecule has 2 aromatic heterocycles. The third-order valence-electron chi connectivity index (χ3n) is 2.79. The highest BCUT2D eigenvalue weighted by Crippen LogP contribution is 2.22. The zero-order valence-corrected chi connectivity index (χ0v) is 13.9. The summed E-state index contributed by atoms with van der Waals surface area (Å²) in [6.45, 7) is 1.05. The average molecular weight is 374 g/mol. The van der Waals surface area contributed by atoms with Crippen LogP contribution in [-0.4, -0.2) is 36.5 Å². The van der Waals surface area contributed by atoms with Crippen LogP contribution in [0.1, 0.15) is 6.42 Å². The van der Waals surface area contributed by atoms with Gasteiger partial charge in [-0.1, -0.05) is 0 Å². The van der Waals surface area contributed by atoms with Gasteiger partial charge in [0.05, 0.1) is 6.33 Å². The molecule has 2 heterocycles. The summed E-state index contributed by atoms with van der Waals surface area (Å²) in [5, 5.41) is 2.78. The third-order valence-corrected chi connectivity index (χ3v) is 4.70. The van der Waals surface area contributed by atoms with Gasteiger partial charge in [-0.3, -0.25) is 0 Å². The van der Waals surface area contributed by atoms with Gasteiger partial charge in [-0.15, -0.1) is 0 Å². The third kappa shape index (κ3) is 4.26. The molecule has 0 fully saturated rings. The van der Waals surface area contributed by atoms with Crippen LogP contribution in [0.2, 0.25) is 0 Å². The standard InChI is InChI=1S/C12H16BrN5O2S/c1-14-12-11(7-10(13)8-16-12)21(19,20)17-3-2-5-18-6-4-15-9-18/h4,6-9,17H,2-3,5H2,1H3,(H,14,16). The molecule has 0 saturated carbocycles. The first kappa shape index (κ1) is 15.9. The molecule has 0 unspecified atom stereocenters. The Morgan fingerprint density at radius 2 is 2.24 bits per heavy atom. The Labute approximate surface area is 132 Å². The minimum Gasteiger partial charge on any atom is -0.372 e. The first-order valence-electron chi connectivity index (χ1n) is 6.31. The SMILES string of the molecule is CNc1ncc(Br)cc1S(=O)(=O)NCCCn1ccnc1. The molecule has 7 nitrogen and oxygen atoms in total. The average Bonchev–Trinajstić information content (AvgIpc) is 2.97. The van der Waals surface area contributed by atoms with Gasteiger partial charge in [0.15, 0.2) is 0 Å². The van der Waals surface area contributed by atoms with E-state index in [0.717, 1.165) is 0 Å². The summed E-state index contributed by atoms with van der Waals surface area (Å²) in [6.07, 6.45) is 7.45. The van der Waals surface area contributed by atoms with E-state index in [1.165, 1.54) is 6.07 Å². The molecule has 0 aromatic carbocycles. The van der Waals surface area contributed by atoms with Gasteiger partial charge in [0.25, 0.3) is 0 Å². The number of halogens is 1. The lowest BCUT2D eigenvalue weighted by Gasteiger charge is -2.11. The second-order valence-corrected chi connectivity index (χ2v) is 6.95. The molecule has 0 amide bonds. The van der Waals surface area contributed by atoms with Gasteiger partial charge in [0.1, 0.15) is 10.7 Å². The predicted molar refractivity (Wildman–Crippen MR) is 83.5 cm³/mol. The van der Waals surface area contributed by atoms with Crippen LogP contribution < -0.4 is 10.0 Å². The van der Waals surface area contributed by atoms with E-state index in [0.29, 0.717) is 29.8 Å². The molecule has 0 saturated heterocycles. The van der Waals surface area contributed by atoms with E-state index in [1.54, 1.807) is 25.8 Å². The molecule has 0 bridgehead atoms. The number of aromatic nitrogens is 3. The summed E-state index contributed by atoms with van der Waals surface area (Å²) in [7, 11) is -1.96. The molecule has 0 aliphatic rings. The number of rotatable bonds is 7. The predicted octanol–water partition coefficient (Wildman–Crippen LogP) is 1.45. The van der Waals surface area contributed by atoms with Crippen molar-refractivity contribution >= 4 is 31.8 Å². The summed E-state index contributed by atoms with van der Waals surface area (Å²) in [5.74, 6) is 0.320. The van der Waals surface area contributed by atoms with Gasteiger partial charge in [-0.05, 0) is 28.4 Å². The molecule has 21 heavy (non-hydrogen) atoms. The van der Waals surface area contributed by atoms with E-state index in [1.807, 2.05) is 10.8 Å². The molecule has 0 spiro atoms. The first-order valence-corrected chi connectivity index (χ1v) is 8.59. The Morgan fingerprint density at radius 3 is 2.90 bits per heavy atom. The molecule has 9 heteroatoms. The summed E-state index contributed by atoms with van der Waals surface area (Å²) in [6, 6.07) is 1.52. The number of pyridine rings is 1. The minimum atomic E-state index is -3.60. The maximum atomic E-state index is 12.3. The molecule has 0 radical (unpaired) electrons. The topological polar surface area (TPSA) is 88.9 Å². The molecule has 0 aliphatic carbocycles. The number of sulfonamides is 1. The van der Waals surface area contributed by atoms with Crippen molar-refractivity contribution < 1.29 is 8.42 Å². The van der Waals surface area contributed by atoms with Crippen LogP contribution in [0.5, 0.6) is 0 Å². The van der Waals surface area contributed by atoms with Crippen LogP contribution >= 0.6 is 15.9 Å². The first-order chi connectivity index (χ1) is 10.0. The van der Waals surface area contributed by atoms with E-state index >= 15 is 0 Å². The maximum Gasteiger partial charge on any atom is 0.244 e. The highest BCUT2D eigenvalue weighted by atomic mass is 79.9. The van der Waals surface area contributed by atoms with Crippen LogP contribution in [0.4, 0.5) is 5.82 Å². The van der Waals surface area contributed by atoms with Crippen LogP contribution in [-0.2, 0) is 16.6 Å². The molecule has 2 aromatic rings. The van der Waals surface area contributed by atoms with Crippen molar-refractivity contribution in [3.8, 4) is 0 Å². The van der Waals surface area contributed by atoms with Crippen molar-refractivity contribution in [3.63, 3.8) is 0 Å². The maximum absolute atomic E-state index is 12.3. The molecular formula is C12H16BrN5O2S. The molecule has 0 aliphatic heterocycles. The van der Waals surface area contributed by atoms with Crippen LogP contribution in [0.25, 0.3) is 0 Å². The fourth-order valence-corrected chi connectivity index (χ4v) is 3.52. The number of anilines is 1. The zero-order valence-electron chi connectivity index (χ0n) is 11.5. The van der Waals surface area contributed by atoms with Crippen molar-refractivity contribution in [1.82, 2.24) is 19.3 Å². The Morgan fingerprint density at radius 1 is 1.43 bits per heavy atom. The Balaban J connectivity index is 1.99. The smallest absolute Gasteiger partial charge is 0.244 e. The second-order valence-electron chi connectivity index (χ2n) is 4.30. The summed E-state index contributed by atoms with van der Waals surface area (Å²) >= 11 is 3.23. The van der Waals surface area contributed by atoms with Crippen molar-refractivity contribution in [2.75, 3.05) is 18.9 Å². The van der Waals surface area contributed by atoms with Gasteiger partial charge >= 0.3 is 0 Å². The number of aryl methyl sites for hydroxylation is 1. The Bertz CT molecular complexity index is 688. The number of nitrogens with zero attached hydrogens (tertiary/aromatic N) is 3. The number of nitrogens with one attached hydrogen (secondary N) is 2. The molecule has 0 atom stereocenters. The largest absolute Gasteiger partial charge is 0.372 e. The summed E-state index contributed by atoms with van der Waals surface area (Å²) in [4.78, 5) is 8.10. The quantitative estimate of drug-likeness (QED) is 0.717. The van der Waals surface area contributed by atoms with Gasteiger partial charge in [-0.2, -0.15) is 0 Å². The monoisotopic (exact) mass is 373 g/mol. The normalized spacial score (nSPS) is 11.5. The second kappa shape index (κ2) is 7.01. The van der Waals surface area contributed by atoms with Crippen molar-refractivity contribution in [2.45, 2.75) is 17.9 Å². The lowest BCUT2D eigenvalue weighted by molar-refractivity contribution is 0.569. The van der Waals surface area contributed by atoms with Gasteiger partial charge in [0, 0.05) is 43.2 Å². The van der Waals surface area contributed by atoms with E-state index in [2.05, 4.69) is 35.9 Å². The van der Waals surface area contributed by atoms with Crippen LogP contribution in [0.15, 0.2) is 40.4 Å². The molecular weight excluding hydrogens is 358 g/mol. The van der Waals surface area contributed by atoms with Crippen molar-refractivity contribution in [2.24, 2.45) is 0 Å². The van der Waals surface area contributed by atoms with Gasteiger partial charge in [0.2, 0.25) is 10.0 Å². The van der Waals surface area contributed by atoms with E-state index in [-0.39, 0.29) is 4.90 Å². The number of imidazole rings is 1.